The van der Waals surface area contributed by atoms with E-state index in [9.17, 15) is 9.59 Å². The van der Waals surface area contributed by atoms with Gasteiger partial charge in [0.1, 0.15) is 11.8 Å². The number of benzene rings is 3. The van der Waals surface area contributed by atoms with Gasteiger partial charge in [0.25, 0.3) is 5.91 Å². The number of nitrogens with zero attached hydrogens (tertiary/aromatic N) is 2. The highest BCUT2D eigenvalue weighted by Gasteiger charge is 2.44. The molecule has 1 saturated heterocycles. The molecule has 37 heavy (non-hydrogen) atoms. The molecule has 10 heteroatoms. The zero-order valence-electron chi connectivity index (χ0n) is 20.6. The fraction of sp³-hybridized carbons (Fsp3) is 0.222. The molecule has 3 aromatic carbocycles. The SMILES string of the molecule is COc1ccc(N2C(=O)C(CC(=O)Nc3ccc(Br)cc3)N(Cc3ccc(OC)c(OC)c3)C2=S)cc1. The Morgan fingerprint density at radius 3 is 2.24 bits per heavy atom. The minimum absolute atomic E-state index is 0.0744. The monoisotopic (exact) mass is 583 g/mol. The quantitative estimate of drug-likeness (QED) is 0.355. The second-order valence-electron chi connectivity index (χ2n) is 8.25. The van der Waals surface area contributed by atoms with Gasteiger partial charge in [-0.05, 0) is 78.4 Å². The fourth-order valence-electron chi connectivity index (χ4n) is 4.08. The second kappa shape index (κ2) is 11.6. The molecule has 1 aliphatic rings. The predicted octanol–water partition coefficient (Wildman–Crippen LogP) is 5.01. The molecule has 1 atom stereocenters. The van der Waals surface area contributed by atoms with Crippen LogP contribution in [0.4, 0.5) is 11.4 Å². The largest absolute Gasteiger partial charge is 0.497 e. The molecular weight excluding hydrogens is 558 g/mol. The van der Waals surface area contributed by atoms with Crippen molar-refractivity contribution in [3.63, 3.8) is 0 Å². The van der Waals surface area contributed by atoms with Crippen LogP contribution in [-0.2, 0) is 16.1 Å². The van der Waals surface area contributed by atoms with Crippen LogP contribution in [0.2, 0.25) is 0 Å². The number of anilines is 2. The third-order valence-corrected chi connectivity index (χ3v) is 6.90. The number of rotatable bonds is 9. The molecule has 0 aromatic heterocycles. The van der Waals surface area contributed by atoms with Gasteiger partial charge in [-0.1, -0.05) is 22.0 Å². The number of amides is 2. The highest BCUT2D eigenvalue weighted by molar-refractivity contribution is 9.10. The summed E-state index contributed by atoms with van der Waals surface area (Å²) in [6, 6.07) is 19.0. The Morgan fingerprint density at radius 1 is 0.946 bits per heavy atom. The predicted molar refractivity (Wildman–Crippen MR) is 149 cm³/mol. The van der Waals surface area contributed by atoms with Gasteiger partial charge in [0.05, 0.1) is 33.4 Å². The van der Waals surface area contributed by atoms with Crippen LogP contribution in [0.3, 0.4) is 0 Å². The van der Waals surface area contributed by atoms with Gasteiger partial charge in [-0.3, -0.25) is 14.5 Å². The van der Waals surface area contributed by atoms with Gasteiger partial charge in [-0.25, -0.2) is 0 Å². The minimum atomic E-state index is -0.793. The zero-order chi connectivity index (χ0) is 26.5. The molecule has 3 aromatic rings. The molecule has 1 unspecified atom stereocenters. The molecule has 1 aliphatic heterocycles. The molecule has 0 saturated carbocycles. The number of nitrogens with one attached hydrogen (secondary N) is 1. The van der Waals surface area contributed by atoms with Gasteiger partial charge in [0.15, 0.2) is 16.6 Å². The van der Waals surface area contributed by atoms with E-state index < -0.39 is 6.04 Å². The lowest BCUT2D eigenvalue weighted by Gasteiger charge is -2.24. The van der Waals surface area contributed by atoms with Crippen molar-refractivity contribution in [3.8, 4) is 17.2 Å². The first-order chi connectivity index (χ1) is 17.8. The summed E-state index contributed by atoms with van der Waals surface area (Å²) in [5, 5.41) is 3.18. The summed E-state index contributed by atoms with van der Waals surface area (Å²) in [6.45, 7) is 0.299. The average Bonchev–Trinajstić information content (AvgIpc) is 3.13. The summed E-state index contributed by atoms with van der Waals surface area (Å²) in [7, 11) is 4.70. The Bertz CT molecular complexity index is 1300. The maximum absolute atomic E-state index is 13.7. The lowest BCUT2D eigenvalue weighted by atomic mass is 10.1. The molecule has 8 nitrogen and oxygen atoms in total. The molecule has 2 amide bonds. The lowest BCUT2D eigenvalue weighted by Crippen LogP contribution is -2.37. The van der Waals surface area contributed by atoms with Crippen LogP contribution >= 0.6 is 28.1 Å². The highest BCUT2D eigenvalue weighted by Crippen LogP contribution is 2.32. The van der Waals surface area contributed by atoms with E-state index in [1.54, 1.807) is 68.7 Å². The van der Waals surface area contributed by atoms with E-state index in [1.807, 2.05) is 24.3 Å². The Labute approximate surface area is 229 Å². The van der Waals surface area contributed by atoms with Crippen molar-refractivity contribution in [1.82, 2.24) is 4.90 Å². The number of carbonyl (C=O) groups is 2. The molecule has 0 spiro atoms. The van der Waals surface area contributed by atoms with Crippen LogP contribution in [0.25, 0.3) is 0 Å². The van der Waals surface area contributed by atoms with E-state index in [1.165, 1.54) is 4.90 Å². The van der Waals surface area contributed by atoms with E-state index in [4.69, 9.17) is 26.4 Å². The number of thiocarbonyl (C=S) groups is 1. The minimum Gasteiger partial charge on any atom is -0.497 e. The van der Waals surface area contributed by atoms with Gasteiger partial charge in [-0.2, -0.15) is 0 Å². The van der Waals surface area contributed by atoms with Gasteiger partial charge in [-0.15, -0.1) is 0 Å². The smallest absolute Gasteiger partial charge is 0.256 e. The Kier molecular flexibility index (Phi) is 8.30. The van der Waals surface area contributed by atoms with E-state index in [-0.39, 0.29) is 18.2 Å². The van der Waals surface area contributed by atoms with Crippen molar-refractivity contribution in [2.75, 3.05) is 31.5 Å². The van der Waals surface area contributed by atoms with Gasteiger partial charge in [0.2, 0.25) is 5.91 Å². The normalized spacial score (nSPS) is 15.1. The van der Waals surface area contributed by atoms with Crippen molar-refractivity contribution in [2.45, 2.75) is 19.0 Å². The van der Waals surface area contributed by atoms with E-state index in [0.29, 0.717) is 40.3 Å². The molecule has 0 bridgehead atoms. The van der Waals surface area contributed by atoms with Crippen LogP contribution < -0.4 is 24.4 Å². The van der Waals surface area contributed by atoms with Crippen molar-refractivity contribution >= 4 is 56.4 Å². The molecule has 192 valence electrons. The number of methoxy groups -OCH3 is 3. The maximum Gasteiger partial charge on any atom is 0.256 e. The van der Waals surface area contributed by atoms with Gasteiger partial charge in [0, 0.05) is 16.7 Å². The lowest BCUT2D eigenvalue weighted by molar-refractivity contribution is -0.124. The van der Waals surface area contributed by atoms with Crippen LogP contribution in [0, 0.1) is 0 Å². The Balaban J connectivity index is 1.62. The van der Waals surface area contributed by atoms with Crippen LogP contribution in [-0.4, -0.2) is 49.2 Å². The molecule has 4 rings (SSSR count). The van der Waals surface area contributed by atoms with E-state index in [0.717, 1.165) is 10.0 Å². The summed E-state index contributed by atoms with van der Waals surface area (Å²) < 4.78 is 16.9. The summed E-state index contributed by atoms with van der Waals surface area (Å²) in [5.41, 5.74) is 2.09. The van der Waals surface area contributed by atoms with Crippen LogP contribution in [0.15, 0.2) is 71.2 Å². The third kappa shape index (κ3) is 5.86. The number of ether oxygens (including phenoxy) is 3. The topological polar surface area (TPSA) is 80.3 Å². The molecule has 1 fully saturated rings. The van der Waals surface area contributed by atoms with E-state index in [2.05, 4.69) is 21.2 Å². The van der Waals surface area contributed by atoms with E-state index >= 15 is 0 Å². The summed E-state index contributed by atoms with van der Waals surface area (Å²) in [6.07, 6.45) is -0.0744. The standard InChI is InChI=1S/C27H26BrN3O5S/c1-34-21-11-9-20(10-12-21)31-26(33)22(15-25(32)29-19-7-5-18(28)6-8-19)30(27(31)37)16-17-4-13-23(35-2)24(14-17)36-3/h4-14,22H,15-16H2,1-3H3,(H,29,32). The fourth-order valence-corrected chi connectivity index (χ4v) is 4.73. The number of hydrogen-bond donors (Lipinski definition) is 1. The van der Waals surface area contributed by atoms with Crippen molar-refractivity contribution in [3.05, 3.63) is 76.8 Å². The first-order valence-corrected chi connectivity index (χ1v) is 12.6. The Hall–Kier alpha value is -3.63. The van der Waals surface area contributed by atoms with Gasteiger partial charge < -0.3 is 24.4 Å². The summed E-state index contributed by atoms with van der Waals surface area (Å²) in [5.74, 6) is 1.25. The molecular formula is C27H26BrN3O5S. The summed E-state index contributed by atoms with van der Waals surface area (Å²) >= 11 is 9.16. The van der Waals surface area contributed by atoms with Gasteiger partial charge >= 0.3 is 0 Å². The third-order valence-electron chi connectivity index (χ3n) is 5.96. The molecule has 1 N–H and O–H groups in total. The van der Waals surface area contributed by atoms with Crippen LogP contribution in [0.5, 0.6) is 17.2 Å². The Morgan fingerprint density at radius 2 is 1.62 bits per heavy atom. The van der Waals surface area contributed by atoms with Crippen molar-refractivity contribution < 1.29 is 23.8 Å². The maximum atomic E-state index is 13.7. The molecule has 0 radical (unpaired) electrons. The first kappa shape index (κ1) is 26.4. The number of halogens is 1. The molecule has 1 heterocycles. The number of carbonyl (C=O) groups excluding carboxylic acids is 2. The average molecular weight is 584 g/mol. The van der Waals surface area contributed by atoms with Crippen molar-refractivity contribution in [2.24, 2.45) is 0 Å². The molecule has 0 aliphatic carbocycles. The van der Waals surface area contributed by atoms with Crippen molar-refractivity contribution in [1.29, 1.82) is 0 Å². The van der Waals surface area contributed by atoms with Crippen LogP contribution in [0.1, 0.15) is 12.0 Å². The highest BCUT2D eigenvalue weighted by atomic mass is 79.9. The zero-order valence-corrected chi connectivity index (χ0v) is 23.0. The summed E-state index contributed by atoms with van der Waals surface area (Å²) in [4.78, 5) is 29.9. The second-order valence-corrected chi connectivity index (χ2v) is 9.53. The first-order valence-electron chi connectivity index (χ1n) is 11.4. The number of hydrogen-bond acceptors (Lipinski definition) is 6.